The molecule has 6 heteroatoms. The molecule has 6 nitrogen and oxygen atoms in total. The van der Waals surface area contributed by atoms with Gasteiger partial charge in [0.25, 0.3) is 11.7 Å². The molecule has 1 aromatic carbocycles. The Kier molecular flexibility index (Phi) is 3.04. The SMILES string of the molecule is Cc1nc(C(=O)NCc2ccc(N)cc2)no1. The normalized spacial score (nSPS) is 10.2. The van der Waals surface area contributed by atoms with E-state index in [0.717, 1.165) is 5.56 Å². The fourth-order valence-electron chi connectivity index (χ4n) is 1.29. The van der Waals surface area contributed by atoms with E-state index in [1.807, 2.05) is 12.1 Å². The number of hydrogen-bond acceptors (Lipinski definition) is 5. The summed E-state index contributed by atoms with van der Waals surface area (Å²) in [6, 6.07) is 7.24. The van der Waals surface area contributed by atoms with Crippen LogP contribution < -0.4 is 11.1 Å². The van der Waals surface area contributed by atoms with E-state index in [1.54, 1.807) is 19.1 Å². The Labute approximate surface area is 97.8 Å². The van der Waals surface area contributed by atoms with Gasteiger partial charge in [-0.2, -0.15) is 4.98 Å². The molecule has 0 aliphatic carbocycles. The first-order chi connectivity index (χ1) is 8.15. The summed E-state index contributed by atoms with van der Waals surface area (Å²) in [5.74, 6) is 0.0410. The van der Waals surface area contributed by atoms with Gasteiger partial charge < -0.3 is 15.6 Å². The van der Waals surface area contributed by atoms with Crippen LogP contribution in [-0.2, 0) is 6.54 Å². The Morgan fingerprint density at radius 3 is 2.71 bits per heavy atom. The molecule has 0 bridgehead atoms. The van der Waals surface area contributed by atoms with Crippen LogP contribution in [0.15, 0.2) is 28.8 Å². The molecule has 1 heterocycles. The van der Waals surface area contributed by atoms with E-state index in [1.165, 1.54) is 0 Å². The number of amides is 1. The maximum absolute atomic E-state index is 11.6. The number of nitrogen functional groups attached to an aromatic ring is 1. The van der Waals surface area contributed by atoms with E-state index in [9.17, 15) is 4.79 Å². The fraction of sp³-hybridized carbons (Fsp3) is 0.182. The number of aromatic nitrogens is 2. The van der Waals surface area contributed by atoms with E-state index >= 15 is 0 Å². The molecule has 1 aromatic heterocycles. The third kappa shape index (κ3) is 2.81. The lowest BCUT2D eigenvalue weighted by atomic mass is 10.2. The van der Waals surface area contributed by atoms with Crippen molar-refractivity contribution in [2.24, 2.45) is 0 Å². The summed E-state index contributed by atoms with van der Waals surface area (Å²) in [7, 11) is 0. The third-order valence-electron chi connectivity index (χ3n) is 2.16. The standard InChI is InChI=1S/C11H12N4O2/c1-7-14-10(15-17-7)11(16)13-6-8-2-4-9(12)5-3-8/h2-5H,6,12H2,1H3,(H,13,16). The number of nitrogens with two attached hydrogens (primary N) is 1. The van der Waals surface area contributed by atoms with Crippen molar-refractivity contribution in [1.29, 1.82) is 0 Å². The van der Waals surface area contributed by atoms with Crippen molar-refractivity contribution in [3.8, 4) is 0 Å². The molecule has 0 atom stereocenters. The Balaban J connectivity index is 1.94. The average Bonchev–Trinajstić information content (AvgIpc) is 2.75. The van der Waals surface area contributed by atoms with Crippen molar-refractivity contribution in [1.82, 2.24) is 15.5 Å². The number of nitrogens with one attached hydrogen (secondary N) is 1. The van der Waals surface area contributed by atoms with Crippen LogP contribution in [0.4, 0.5) is 5.69 Å². The first-order valence-electron chi connectivity index (χ1n) is 5.08. The minimum atomic E-state index is -0.362. The van der Waals surface area contributed by atoms with Gasteiger partial charge >= 0.3 is 0 Å². The fourth-order valence-corrected chi connectivity index (χ4v) is 1.29. The predicted molar refractivity (Wildman–Crippen MR) is 61.1 cm³/mol. The second-order valence-corrected chi connectivity index (χ2v) is 3.56. The van der Waals surface area contributed by atoms with Gasteiger partial charge in [-0.15, -0.1) is 0 Å². The summed E-state index contributed by atoms with van der Waals surface area (Å²) in [5.41, 5.74) is 7.20. The zero-order valence-electron chi connectivity index (χ0n) is 9.30. The van der Waals surface area contributed by atoms with Crippen molar-refractivity contribution >= 4 is 11.6 Å². The minimum Gasteiger partial charge on any atom is -0.399 e. The Morgan fingerprint density at radius 1 is 1.41 bits per heavy atom. The Morgan fingerprint density at radius 2 is 2.12 bits per heavy atom. The van der Waals surface area contributed by atoms with Crippen LogP contribution in [0, 0.1) is 6.92 Å². The van der Waals surface area contributed by atoms with Crippen LogP contribution in [0.2, 0.25) is 0 Å². The van der Waals surface area contributed by atoms with Crippen LogP contribution in [0.3, 0.4) is 0 Å². The molecule has 3 N–H and O–H groups in total. The first kappa shape index (κ1) is 11.1. The van der Waals surface area contributed by atoms with Gasteiger partial charge in [0, 0.05) is 19.2 Å². The van der Waals surface area contributed by atoms with Crippen molar-refractivity contribution < 1.29 is 9.32 Å². The van der Waals surface area contributed by atoms with Gasteiger partial charge in [-0.05, 0) is 17.7 Å². The number of rotatable bonds is 3. The molecule has 0 saturated heterocycles. The summed E-state index contributed by atoms with van der Waals surface area (Å²) in [6.45, 7) is 2.02. The summed E-state index contributed by atoms with van der Waals surface area (Å²) in [4.78, 5) is 15.4. The first-order valence-corrected chi connectivity index (χ1v) is 5.08. The van der Waals surface area contributed by atoms with Crippen LogP contribution in [0.1, 0.15) is 22.1 Å². The highest BCUT2D eigenvalue weighted by atomic mass is 16.5. The molecular formula is C11H12N4O2. The maximum Gasteiger partial charge on any atom is 0.292 e. The van der Waals surface area contributed by atoms with Gasteiger partial charge in [0.1, 0.15) is 0 Å². The summed E-state index contributed by atoms with van der Waals surface area (Å²) in [5, 5.41) is 6.21. The van der Waals surface area contributed by atoms with Crippen molar-refractivity contribution in [3.05, 3.63) is 41.5 Å². The second-order valence-electron chi connectivity index (χ2n) is 3.56. The molecule has 88 valence electrons. The topological polar surface area (TPSA) is 94.0 Å². The highest BCUT2D eigenvalue weighted by Gasteiger charge is 2.11. The highest BCUT2D eigenvalue weighted by Crippen LogP contribution is 2.05. The largest absolute Gasteiger partial charge is 0.399 e. The molecular weight excluding hydrogens is 220 g/mol. The van der Waals surface area contributed by atoms with Gasteiger partial charge in [0.15, 0.2) is 0 Å². The second kappa shape index (κ2) is 4.65. The van der Waals surface area contributed by atoms with Gasteiger partial charge in [-0.1, -0.05) is 17.3 Å². The molecule has 2 rings (SSSR count). The number of aryl methyl sites for hydroxylation is 1. The Bertz CT molecular complexity index is 519. The quantitative estimate of drug-likeness (QED) is 0.766. The van der Waals surface area contributed by atoms with E-state index in [2.05, 4.69) is 15.5 Å². The van der Waals surface area contributed by atoms with Crippen LogP contribution in [-0.4, -0.2) is 16.0 Å². The van der Waals surface area contributed by atoms with Crippen LogP contribution >= 0.6 is 0 Å². The molecule has 0 aliphatic heterocycles. The number of benzene rings is 1. The van der Waals surface area contributed by atoms with Gasteiger partial charge in [-0.3, -0.25) is 4.79 Å². The van der Waals surface area contributed by atoms with Crippen molar-refractivity contribution in [2.45, 2.75) is 13.5 Å². The highest BCUT2D eigenvalue weighted by molar-refractivity contribution is 5.90. The maximum atomic E-state index is 11.6. The third-order valence-corrected chi connectivity index (χ3v) is 2.16. The molecule has 2 aromatic rings. The summed E-state index contributed by atoms with van der Waals surface area (Å²) >= 11 is 0. The molecule has 0 aliphatic rings. The number of carbonyl (C=O) groups excluding carboxylic acids is 1. The van der Waals surface area contributed by atoms with Gasteiger partial charge in [0.05, 0.1) is 0 Å². The molecule has 17 heavy (non-hydrogen) atoms. The lowest BCUT2D eigenvalue weighted by molar-refractivity contribution is 0.0937. The Hall–Kier alpha value is -2.37. The smallest absolute Gasteiger partial charge is 0.292 e. The van der Waals surface area contributed by atoms with Gasteiger partial charge in [0.2, 0.25) is 5.89 Å². The van der Waals surface area contributed by atoms with E-state index in [-0.39, 0.29) is 11.7 Å². The van der Waals surface area contributed by atoms with Crippen molar-refractivity contribution in [2.75, 3.05) is 5.73 Å². The molecule has 0 spiro atoms. The number of carbonyl (C=O) groups is 1. The zero-order valence-corrected chi connectivity index (χ0v) is 9.30. The molecule has 0 unspecified atom stereocenters. The van der Waals surface area contributed by atoms with E-state index in [4.69, 9.17) is 10.3 Å². The van der Waals surface area contributed by atoms with Crippen LogP contribution in [0.5, 0.6) is 0 Å². The minimum absolute atomic E-state index is 0.0398. The number of nitrogens with zero attached hydrogens (tertiary/aromatic N) is 2. The van der Waals surface area contributed by atoms with Crippen molar-refractivity contribution in [3.63, 3.8) is 0 Å². The summed E-state index contributed by atoms with van der Waals surface area (Å²) < 4.78 is 4.71. The number of hydrogen-bond donors (Lipinski definition) is 2. The summed E-state index contributed by atoms with van der Waals surface area (Å²) in [6.07, 6.45) is 0. The lowest BCUT2D eigenvalue weighted by Crippen LogP contribution is -2.23. The molecule has 1 amide bonds. The van der Waals surface area contributed by atoms with Crippen LogP contribution in [0.25, 0.3) is 0 Å². The van der Waals surface area contributed by atoms with E-state index < -0.39 is 0 Å². The number of anilines is 1. The molecule has 0 saturated carbocycles. The van der Waals surface area contributed by atoms with Gasteiger partial charge in [-0.25, -0.2) is 0 Å². The monoisotopic (exact) mass is 232 g/mol. The molecule has 0 fully saturated rings. The lowest BCUT2D eigenvalue weighted by Gasteiger charge is -2.02. The van der Waals surface area contributed by atoms with E-state index in [0.29, 0.717) is 18.1 Å². The molecule has 0 radical (unpaired) electrons. The zero-order chi connectivity index (χ0) is 12.3. The average molecular weight is 232 g/mol. The predicted octanol–water partition coefficient (Wildman–Crippen LogP) is 0.890.